The van der Waals surface area contributed by atoms with Gasteiger partial charge in [0.05, 0.1) is 12.5 Å². The third-order valence-corrected chi connectivity index (χ3v) is 5.16. The van der Waals surface area contributed by atoms with Gasteiger partial charge in [-0.2, -0.15) is 8.78 Å². The van der Waals surface area contributed by atoms with Gasteiger partial charge in [-0.1, -0.05) is 0 Å². The largest absolute Gasteiger partial charge is 0.465 e. The Balaban J connectivity index is 1.81. The number of hydrogen-bond acceptors (Lipinski definition) is 7. The fourth-order valence-corrected chi connectivity index (χ4v) is 3.79. The van der Waals surface area contributed by atoms with Crippen molar-refractivity contribution in [1.29, 1.82) is 0 Å². The van der Waals surface area contributed by atoms with E-state index in [0.29, 0.717) is 26.7 Å². The van der Waals surface area contributed by atoms with Crippen molar-refractivity contribution in [3.63, 3.8) is 0 Å². The molecule has 0 fully saturated rings. The number of rotatable bonds is 4. The molecule has 0 aliphatic rings. The highest BCUT2D eigenvalue weighted by Gasteiger charge is 2.20. The van der Waals surface area contributed by atoms with Gasteiger partial charge in [-0.3, -0.25) is 0 Å². The summed E-state index contributed by atoms with van der Waals surface area (Å²) >= 11 is 1.23. The molecule has 4 aromatic rings. The Kier molecular flexibility index (Phi) is 4.19. The topological polar surface area (TPSA) is 78.6 Å². The summed E-state index contributed by atoms with van der Waals surface area (Å²) in [6, 6.07) is 6.04. The fraction of sp³-hybridized carbons (Fsp3) is 0.176. The molecule has 0 aliphatic heterocycles. The Hall–Kier alpha value is -3.14. The molecular weight excluding hydrogens is 378 g/mol. The monoisotopic (exact) mass is 390 g/mol. The van der Waals surface area contributed by atoms with Crippen LogP contribution >= 0.6 is 11.3 Å². The van der Waals surface area contributed by atoms with E-state index in [2.05, 4.69) is 19.8 Å². The maximum Gasteiger partial charge on any atom is 0.387 e. The normalized spacial score (nSPS) is 11.4. The van der Waals surface area contributed by atoms with Crippen LogP contribution in [0.5, 0.6) is 5.75 Å². The van der Waals surface area contributed by atoms with Crippen LogP contribution in [0, 0.1) is 6.92 Å². The number of carbonyl (C=O) groups is 1. The molecule has 0 N–H and O–H groups in total. The molecule has 0 saturated carbocycles. The number of nitrogens with zero attached hydrogens (tertiary/aromatic N) is 4. The van der Waals surface area contributed by atoms with Crippen LogP contribution in [0.4, 0.5) is 8.78 Å². The molecule has 0 saturated heterocycles. The van der Waals surface area contributed by atoms with Crippen LogP contribution in [0.25, 0.3) is 27.3 Å². The van der Waals surface area contributed by atoms with Crippen LogP contribution in [0.1, 0.15) is 15.2 Å². The van der Waals surface area contributed by atoms with Gasteiger partial charge in [0.1, 0.15) is 21.8 Å². The number of carbonyl (C=O) groups excluding carboxylic acids is 1. The lowest BCUT2D eigenvalue weighted by Crippen LogP contribution is -2.01. The minimum Gasteiger partial charge on any atom is -0.465 e. The third-order valence-electron chi connectivity index (χ3n) is 3.98. The molecule has 0 spiro atoms. The first-order valence-corrected chi connectivity index (χ1v) is 8.57. The van der Waals surface area contributed by atoms with E-state index in [4.69, 9.17) is 4.74 Å². The van der Waals surface area contributed by atoms with Gasteiger partial charge in [-0.05, 0) is 36.8 Å². The van der Waals surface area contributed by atoms with Gasteiger partial charge in [0.2, 0.25) is 0 Å². The molecule has 10 heteroatoms. The highest BCUT2D eigenvalue weighted by atomic mass is 32.1. The maximum absolute atomic E-state index is 12.3. The first kappa shape index (κ1) is 17.3. The Bertz CT molecular complexity index is 1150. The number of ether oxygens (including phenoxy) is 2. The lowest BCUT2D eigenvalue weighted by Gasteiger charge is -2.03. The van der Waals surface area contributed by atoms with Crippen molar-refractivity contribution < 1.29 is 23.0 Å². The molecule has 4 rings (SSSR count). The van der Waals surface area contributed by atoms with Gasteiger partial charge < -0.3 is 9.47 Å². The number of methoxy groups -OCH3 is 1. The number of halogens is 2. The molecule has 0 bridgehead atoms. The van der Waals surface area contributed by atoms with Crippen LogP contribution in [-0.4, -0.2) is 39.3 Å². The summed E-state index contributed by atoms with van der Waals surface area (Å²) in [5.74, 6) is 0.0269. The molecule has 0 aliphatic carbocycles. The smallest absolute Gasteiger partial charge is 0.387 e. The van der Waals surface area contributed by atoms with E-state index in [1.807, 2.05) is 0 Å². The second-order valence-corrected chi connectivity index (χ2v) is 6.58. The zero-order valence-electron chi connectivity index (χ0n) is 14.1. The Morgan fingerprint density at radius 3 is 2.67 bits per heavy atom. The molecule has 138 valence electrons. The van der Waals surface area contributed by atoms with Crippen molar-refractivity contribution in [1.82, 2.24) is 19.6 Å². The van der Waals surface area contributed by atoms with Gasteiger partial charge in [0, 0.05) is 5.56 Å². The number of alkyl halides is 2. The molecule has 7 nitrogen and oxygen atoms in total. The summed E-state index contributed by atoms with van der Waals surface area (Å²) in [5, 5.41) is 5.10. The molecule has 3 heterocycles. The Labute approximate surface area is 155 Å². The van der Waals surface area contributed by atoms with E-state index in [1.165, 1.54) is 41.4 Å². The highest BCUT2D eigenvalue weighted by molar-refractivity contribution is 7.20. The van der Waals surface area contributed by atoms with Crippen LogP contribution < -0.4 is 4.74 Å². The number of fused-ring (bicyclic) bond motifs is 3. The number of thiophene rings is 1. The Morgan fingerprint density at radius 2 is 2.00 bits per heavy atom. The summed E-state index contributed by atoms with van der Waals surface area (Å²) in [5.41, 5.74) is 1.90. The molecule has 0 atom stereocenters. The first-order chi connectivity index (χ1) is 13.0. The second kappa shape index (κ2) is 6.54. The number of benzene rings is 1. The summed E-state index contributed by atoms with van der Waals surface area (Å²) in [6.45, 7) is -1.08. The molecule has 0 radical (unpaired) electrons. The molecule has 27 heavy (non-hydrogen) atoms. The second-order valence-electron chi connectivity index (χ2n) is 5.58. The van der Waals surface area contributed by atoms with Gasteiger partial charge in [-0.15, -0.1) is 16.4 Å². The van der Waals surface area contributed by atoms with E-state index >= 15 is 0 Å². The van der Waals surface area contributed by atoms with E-state index < -0.39 is 12.6 Å². The average Bonchev–Trinajstić information content (AvgIpc) is 3.22. The van der Waals surface area contributed by atoms with E-state index in [9.17, 15) is 13.6 Å². The third kappa shape index (κ3) is 2.97. The maximum atomic E-state index is 12.3. The minimum atomic E-state index is -2.88. The van der Waals surface area contributed by atoms with Crippen molar-refractivity contribution in [2.24, 2.45) is 0 Å². The standard InChI is InChI=1S/C17H12F2N4O3S/c1-8-11-14-21-13(9-3-5-10(6-4-9)26-17(18)19)22-23(14)7-20-15(11)27-12(8)16(24)25-2/h3-7,17H,1-2H3. The lowest BCUT2D eigenvalue weighted by molar-refractivity contribution is -0.0498. The van der Waals surface area contributed by atoms with Crippen LogP contribution in [-0.2, 0) is 4.74 Å². The van der Waals surface area contributed by atoms with Gasteiger partial charge in [-0.25, -0.2) is 19.3 Å². The number of aromatic nitrogens is 4. The lowest BCUT2D eigenvalue weighted by atomic mass is 10.2. The Morgan fingerprint density at radius 1 is 1.26 bits per heavy atom. The van der Waals surface area contributed by atoms with Crippen molar-refractivity contribution >= 4 is 33.2 Å². The van der Waals surface area contributed by atoms with Gasteiger partial charge in [0.15, 0.2) is 11.5 Å². The molecule has 0 unspecified atom stereocenters. The minimum absolute atomic E-state index is 0.0537. The van der Waals surface area contributed by atoms with E-state index in [0.717, 1.165) is 10.9 Å². The van der Waals surface area contributed by atoms with E-state index in [1.54, 1.807) is 19.1 Å². The highest BCUT2D eigenvalue weighted by Crippen LogP contribution is 2.33. The number of hydrogen-bond donors (Lipinski definition) is 0. The van der Waals surface area contributed by atoms with E-state index in [-0.39, 0.29) is 5.75 Å². The van der Waals surface area contributed by atoms with Crippen molar-refractivity contribution in [3.05, 3.63) is 41.0 Å². The van der Waals surface area contributed by atoms with Crippen LogP contribution in [0.15, 0.2) is 30.6 Å². The molecule has 3 aromatic heterocycles. The zero-order valence-corrected chi connectivity index (χ0v) is 15.0. The predicted octanol–water partition coefficient (Wildman–Crippen LogP) is 3.70. The van der Waals surface area contributed by atoms with Gasteiger partial charge in [0.25, 0.3) is 0 Å². The van der Waals surface area contributed by atoms with Crippen molar-refractivity contribution in [2.45, 2.75) is 13.5 Å². The summed E-state index contributed by atoms with van der Waals surface area (Å²) < 4.78 is 35.2. The molecule has 1 aromatic carbocycles. The fourth-order valence-electron chi connectivity index (χ4n) is 2.73. The quantitative estimate of drug-likeness (QED) is 0.495. The summed E-state index contributed by atoms with van der Waals surface area (Å²) in [7, 11) is 1.33. The number of esters is 1. The first-order valence-electron chi connectivity index (χ1n) is 7.76. The van der Waals surface area contributed by atoms with Gasteiger partial charge >= 0.3 is 12.6 Å². The van der Waals surface area contributed by atoms with Crippen LogP contribution in [0.3, 0.4) is 0 Å². The number of aryl methyl sites for hydroxylation is 1. The zero-order chi connectivity index (χ0) is 19.1. The van der Waals surface area contributed by atoms with Crippen molar-refractivity contribution in [3.8, 4) is 17.1 Å². The van der Waals surface area contributed by atoms with Crippen molar-refractivity contribution in [2.75, 3.05) is 7.11 Å². The average molecular weight is 390 g/mol. The molecule has 0 amide bonds. The SMILES string of the molecule is COC(=O)c1sc2ncn3nc(-c4ccc(OC(F)F)cc4)nc3c2c1C. The predicted molar refractivity (Wildman–Crippen MR) is 94.3 cm³/mol. The molecular formula is C17H12F2N4O3S. The summed E-state index contributed by atoms with van der Waals surface area (Å²) in [4.78, 5) is 21.9. The summed E-state index contributed by atoms with van der Waals surface area (Å²) in [6.07, 6.45) is 1.51. The van der Waals surface area contributed by atoms with Crippen LogP contribution in [0.2, 0.25) is 0 Å².